The van der Waals surface area contributed by atoms with E-state index in [1.54, 1.807) is 17.9 Å². The summed E-state index contributed by atoms with van der Waals surface area (Å²) in [6, 6.07) is 4.15. The van der Waals surface area contributed by atoms with E-state index in [0.717, 1.165) is 0 Å². The SMILES string of the molecule is COC(=O)c1sc2ncnc(Nc3ccc(F)cc3O[C@H]3C[C@H]4COC(=O)N4C3)c2c1C. The molecule has 32 heavy (non-hydrogen) atoms. The van der Waals surface area contributed by atoms with Gasteiger partial charge in [0.15, 0.2) is 0 Å². The average molecular weight is 458 g/mol. The first-order valence-electron chi connectivity index (χ1n) is 9.93. The third kappa shape index (κ3) is 3.48. The van der Waals surface area contributed by atoms with Gasteiger partial charge in [0.25, 0.3) is 0 Å². The van der Waals surface area contributed by atoms with Gasteiger partial charge in [-0.25, -0.2) is 23.9 Å². The molecule has 2 aliphatic heterocycles. The van der Waals surface area contributed by atoms with Crippen molar-refractivity contribution in [2.24, 2.45) is 0 Å². The van der Waals surface area contributed by atoms with Crippen LogP contribution < -0.4 is 10.1 Å². The predicted molar refractivity (Wildman–Crippen MR) is 114 cm³/mol. The molecule has 2 aliphatic rings. The van der Waals surface area contributed by atoms with Crippen LogP contribution in [-0.4, -0.2) is 59.3 Å². The van der Waals surface area contributed by atoms with Crippen molar-refractivity contribution in [3.8, 4) is 5.75 Å². The van der Waals surface area contributed by atoms with Crippen LogP contribution in [0.3, 0.4) is 0 Å². The van der Waals surface area contributed by atoms with Crippen LogP contribution in [0.2, 0.25) is 0 Å². The van der Waals surface area contributed by atoms with Gasteiger partial charge in [-0.2, -0.15) is 0 Å². The van der Waals surface area contributed by atoms with E-state index >= 15 is 0 Å². The fraction of sp³-hybridized carbons (Fsp3) is 0.333. The standard InChI is InChI=1S/C21H19FN4O5S/c1-10-16-18(23-9-24-19(16)32-17(10)20(27)29-2)25-14-4-3-11(22)5-15(14)31-13-6-12-8-30-21(28)26(12)7-13/h3-5,9,12-13H,6-8H2,1-2H3,(H,23,24,25)/t12-,13-/m0/s1. The Morgan fingerprint density at radius 2 is 2.22 bits per heavy atom. The summed E-state index contributed by atoms with van der Waals surface area (Å²) in [6.45, 7) is 2.52. The zero-order valence-electron chi connectivity index (χ0n) is 17.3. The molecule has 1 aromatic carbocycles. The zero-order valence-corrected chi connectivity index (χ0v) is 18.1. The summed E-state index contributed by atoms with van der Waals surface area (Å²) in [6.07, 6.45) is 1.36. The number of methoxy groups -OCH3 is 1. The second-order valence-corrected chi connectivity index (χ2v) is 8.57. The highest BCUT2D eigenvalue weighted by Crippen LogP contribution is 2.37. The van der Waals surface area contributed by atoms with Gasteiger partial charge in [-0.1, -0.05) is 0 Å². The van der Waals surface area contributed by atoms with E-state index in [1.165, 1.54) is 36.9 Å². The summed E-state index contributed by atoms with van der Waals surface area (Å²) in [4.78, 5) is 35.1. The van der Waals surface area contributed by atoms with Gasteiger partial charge in [-0.15, -0.1) is 11.3 Å². The lowest BCUT2D eigenvalue weighted by atomic mass is 10.2. The van der Waals surface area contributed by atoms with Gasteiger partial charge < -0.3 is 19.5 Å². The zero-order chi connectivity index (χ0) is 22.4. The molecule has 0 radical (unpaired) electrons. The fourth-order valence-corrected chi connectivity index (χ4v) is 5.12. The molecule has 0 unspecified atom stereocenters. The van der Waals surface area contributed by atoms with E-state index in [1.807, 2.05) is 0 Å². The molecule has 0 saturated carbocycles. The number of thiophene rings is 1. The normalized spacial score (nSPS) is 19.7. The number of aromatic nitrogens is 2. The number of cyclic esters (lactones) is 1. The maximum Gasteiger partial charge on any atom is 0.410 e. The van der Waals surface area contributed by atoms with Crippen molar-refractivity contribution >= 4 is 45.1 Å². The van der Waals surface area contributed by atoms with Crippen molar-refractivity contribution in [3.63, 3.8) is 0 Å². The molecule has 1 amide bonds. The minimum atomic E-state index is -0.448. The number of carbonyl (C=O) groups excluding carboxylic acids is 2. The van der Waals surface area contributed by atoms with Crippen molar-refractivity contribution in [1.29, 1.82) is 0 Å². The first-order valence-corrected chi connectivity index (χ1v) is 10.7. The van der Waals surface area contributed by atoms with E-state index in [-0.39, 0.29) is 18.2 Å². The number of nitrogens with zero attached hydrogens (tertiary/aromatic N) is 3. The minimum absolute atomic E-state index is 0.0239. The van der Waals surface area contributed by atoms with Crippen LogP contribution in [0.15, 0.2) is 24.5 Å². The molecular weight excluding hydrogens is 439 g/mol. The number of rotatable bonds is 5. The van der Waals surface area contributed by atoms with Gasteiger partial charge in [0, 0.05) is 12.5 Å². The number of ether oxygens (including phenoxy) is 3. The van der Waals surface area contributed by atoms with E-state index in [4.69, 9.17) is 14.2 Å². The molecule has 2 fully saturated rings. The first kappa shape index (κ1) is 20.4. The van der Waals surface area contributed by atoms with Crippen LogP contribution in [0.5, 0.6) is 5.75 Å². The fourth-order valence-electron chi connectivity index (χ4n) is 4.05. The lowest BCUT2D eigenvalue weighted by Gasteiger charge is -2.18. The minimum Gasteiger partial charge on any atom is -0.486 e. The molecule has 166 valence electrons. The molecule has 0 bridgehead atoms. The number of benzene rings is 1. The van der Waals surface area contributed by atoms with Crippen LogP contribution >= 0.6 is 11.3 Å². The molecule has 0 aliphatic carbocycles. The summed E-state index contributed by atoms with van der Waals surface area (Å²) in [5, 5.41) is 3.87. The Hall–Kier alpha value is -3.47. The third-order valence-electron chi connectivity index (χ3n) is 5.60. The first-order chi connectivity index (χ1) is 15.4. The van der Waals surface area contributed by atoms with Crippen molar-refractivity contribution < 1.29 is 28.2 Å². The monoisotopic (exact) mass is 458 g/mol. The largest absolute Gasteiger partial charge is 0.486 e. The number of nitrogens with one attached hydrogen (secondary N) is 1. The molecule has 0 spiro atoms. The van der Waals surface area contributed by atoms with E-state index in [2.05, 4.69) is 15.3 Å². The highest BCUT2D eigenvalue weighted by atomic mass is 32.1. The van der Waals surface area contributed by atoms with Crippen LogP contribution in [0.1, 0.15) is 21.7 Å². The van der Waals surface area contributed by atoms with E-state index in [9.17, 15) is 14.0 Å². The number of amides is 1. The lowest BCUT2D eigenvalue weighted by molar-refractivity contribution is 0.0605. The Bertz CT molecular complexity index is 1230. The van der Waals surface area contributed by atoms with E-state index < -0.39 is 11.8 Å². The maximum absolute atomic E-state index is 14.0. The summed E-state index contributed by atoms with van der Waals surface area (Å²) in [7, 11) is 1.33. The van der Waals surface area contributed by atoms with Crippen molar-refractivity contribution in [2.45, 2.75) is 25.5 Å². The summed E-state index contributed by atoms with van der Waals surface area (Å²) in [5.74, 6) is -0.123. The second-order valence-electron chi connectivity index (χ2n) is 7.57. The molecule has 4 heterocycles. The van der Waals surface area contributed by atoms with Crippen molar-refractivity contribution in [2.75, 3.05) is 25.6 Å². The quantitative estimate of drug-likeness (QED) is 0.578. The number of anilines is 2. The van der Waals surface area contributed by atoms with Gasteiger partial charge in [0.1, 0.15) is 46.1 Å². The van der Waals surface area contributed by atoms with Gasteiger partial charge >= 0.3 is 12.1 Å². The Morgan fingerprint density at radius 1 is 1.38 bits per heavy atom. The van der Waals surface area contributed by atoms with Crippen LogP contribution in [0.25, 0.3) is 10.2 Å². The highest BCUT2D eigenvalue weighted by molar-refractivity contribution is 7.20. The lowest BCUT2D eigenvalue weighted by Crippen LogP contribution is -2.29. The topological polar surface area (TPSA) is 103 Å². The van der Waals surface area contributed by atoms with Crippen molar-refractivity contribution in [3.05, 3.63) is 40.8 Å². The molecule has 2 aromatic heterocycles. The number of carbonyl (C=O) groups is 2. The maximum atomic E-state index is 14.0. The summed E-state index contributed by atoms with van der Waals surface area (Å²) < 4.78 is 30.0. The summed E-state index contributed by atoms with van der Waals surface area (Å²) in [5.41, 5.74) is 1.20. The Balaban J connectivity index is 1.45. The van der Waals surface area contributed by atoms with Gasteiger partial charge in [-0.3, -0.25) is 4.90 Å². The van der Waals surface area contributed by atoms with Gasteiger partial charge in [0.2, 0.25) is 0 Å². The van der Waals surface area contributed by atoms with Crippen molar-refractivity contribution in [1.82, 2.24) is 14.9 Å². The van der Waals surface area contributed by atoms with Crippen LogP contribution in [0.4, 0.5) is 20.7 Å². The second kappa shape index (κ2) is 7.90. The predicted octanol–water partition coefficient (Wildman–Crippen LogP) is 3.64. The number of halogens is 1. The number of hydrogen-bond donors (Lipinski definition) is 1. The Kier molecular flexibility index (Phi) is 5.04. The Morgan fingerprint density at radius 3 is 3.00 bits per heavy atom. The molecule has 1 N–H and O–H groups in total. The Labute approximate surface area is 186 Å². The molecule has 2 atom stereocenters. The van der Waals surface area contributed by atoms with Gasteiger partial charge in [-0.05, 0) is 24.6 Å². The van der Waals surface area contributed by atoms with Crippen LogP contribution in [0, 0.1) is 12.7 Å². The molecule has 5 rings (SSSR count). The number of esters is 1. The third-order valence-corrected chi connectivity index (χ3v) is 6.78. The number of aryl methyl sites for hydroxylation is 1. The average Bonchev–Trinajstić information content (AvgIpc) is 3.44. The van der Waals surface area contributed by atoms with E-state index in [0.29, 0.717) is 57.5 Å². The molecule has 9 nitrogen and oxygen atoms in total. The molecule has 2 saturated heterocycles. The summed E-state index contributed by atoms with van der Waals surface area (Å²) >= 11 is 1.22. The molecule has 3 aromatic rings. The highest BCUT2D eigenvalue weighted by Gasteiger charge is 2.42. The van der Waals surface area contributed by atoms with Crippen LogP contribution in [-0.2, 0) is 9.47 Å². The smallest absolute Gasteiger partial charge is 0.410 e. The molecular formula is C21H19FN4O5S. The van der Waals surface area contributed by atoms with Gasteiger partial charge in [0.05, 0.1) is 30.8 Å². The molecule has 11 heteroatoms. The number of fused-ring (bicyclic) bond motifs is 2. The number of hydrogen-bond acceptors (Lipinski definition) is 9.